The van der Waals surface area contributed by atoms with E-state index in [1.807, 2.05) is 0 Å². The molecular weight excluding hydrogens is 450 g/mol. The first-order valence-electron chi connectivity index (χ1n) is 7.73. The van der Waals surface area contributed by atoms with Gasteiger partial charge >= 0.3 is 6.36 Å². The minimum Gasteiger partial charge on any atom is -0.405 e. The van der Waals surface area contributed by atoms with E-state index in [0.29, 0.717) is 11.5 Å². The molecule has 0 aliphatic carbocycles. The number of nitrogens with zero attached hydrogens (tertiary/aromatic N) is 1. The van der Waals surface area contributed by atoms with Crippen molar-refractivity contribution in [1.29, 1.82) is 0 Å². The number of hydrogen-bond acceptors (Lipinski definition) is 3. The van der Waals surface area contributed by atoms with Crippen LogP contribution in [-0.4, -0.2) is 39.6 Å². The Bertz CT molecular complexity index is 514. The van der Waals surface area contributed by atoms with Gasteiger partial charge in [-0.3, -0.25) is 4.99 Å². The quantitative estimate of drug-likeness (QED) is 0.248. The number of alkyl halides is 3. The molecule has 1 aromatic carbocycles. The Labute approximate surface area is 163 Å². The first-order chi connectivity index (χ1) is 11.5. The summed E-state index contributed by atoms with van der Waals surface area (Å²) in [6.45, 7) is 1.64. The maximum Gasteiger partial charge on any atom is 0.573 e. The third kappa shape index (κ3) is 11.1. The molecule has 0 atom stereocenters. The zero-order valence-corrected chi connectivity index (χ0v) is 16.7. The van der Waals surface area contributed by atoms with Crippen LogP contribution in [0.15, 0.2) is 29.3 Å². The second-order valence-electron chi connectivity index (χ2n) is 5.06. The van der Waals surface area contributed by atoms with Crippen LogP contribution in [0.25, 0.3) is 0 Å². The fraction of sp³-hybridized carbons (Fsp3) is 0.562. The van der Waals surface area contributed by atoms with Crippen LogP contribution in [0, 0.1) is 0 Å². The van der Waals surface area contributed by atoms with Crippen LogP contribution >= 0.6 is 24.0 Å². The van der Waals surface area contributed by atoms with E-state index in [1.54, 1.807) is 26.3 Å². The van der Waals surface area contributed by atoms with E-state index in [-0.39, 0.29) is 36.3 Å². The summed E-state index contributed by atoms with van der Waals surface area (Å²) in [5.41, 5.74) is 0.401. The summed E-state index contributed by atoms with van der Waals surface area (Å²) in [7, 11) is 3.28. The van der Waals surface area contributed by atoms with Gasteiger partial charge in [0.1, 0.15) is 5.75 Å². The molecule has 0 amide bonds. The number of hydrogen-bond donors (Lipinski definition) is 2. The van der Waals surface area contributed by atoms with Crippen molar-refractivity contribution in [2.75, 3.05) is 27.3 Å². The molecule has 0 unspecified atom stereocenters. The minimum atomic E-state index is -4.71. The molecule has 0 fully saturated rings. The highest BCUT2D eigenvalue weighted by molar-refractivity contribution is 14.0. The molecule has 0 saturated heterocycles. The standard InChI is InChI=1S/C16H24F3N3O2.HI/c1-20-15(21-10-6-3-7-11-23-2)22-12-13-8-4-5-9-14(13)24-16(17,18)19;/h4-5,8-9H,3,6-7,10-12H2,1-2H3,(H2,20,21,22);1H. The summed E-state index contributed by atoms with van der Waals surface area (Å²) >= 11 is 0. The molecule has 0 bridgehead atoms. The zero-order valence-electron chi connectivity index (χ0n) is 14.4. The fourth-order valence-electron chi connectivity index (χ4n) is 2.03. The molecule has 0 heterocycles. The summed E-state index contributed by atoms with van der Waals surface area (Å²) in [6, 6.07) is 6.02. The lowest BCUT2D eigenvalue weighted by atomic mass is 10.2. The van der Waals surface area contributed by atoms with Crippen molar-refractivity contribution in [3.63, 3.8) is 0 Å². The normalized spacial score (nSPS) is 11.6. The van der Waals surface area contributed by atoms with Gasteiger partial charge in [-0.05, 0) is 25.3 Å². The van der Waals surface area contributed by atoms with Gasteiger partial charge in [-0.15, -0.1) is 37.1 Å². The van der Waals surface area contributed by atoms with Gasteiger partial charge in [0.25, 0.3) is 0 Å². The van der Waals surface area contributed by atoms with Crippen molar-refractivity contribution in [2.24, 2.45) is 4.99 Å². The van der Waals surface area contributed by atoms with E-state index in [4.69, 9.17) is 4.74 Å². The maximum absolute atomic E-state index is 12.4. The Morgan fingerprint density at radius 2 is 1.84 bits per heavy atom. The smallest absolute Gasteiger partial charge is 0.405 e. The van der Waals surface area contributed by atoms with Gasteiger partial charge in [0.05, 0.1) is 0 Å². The second-order valence-corrected chi connectivity index (χ2v) is 5.06. The van der Waals surface area contributed by atoms with Crippen LogP contribution in [0.5, 0.6) is 5.75 Å². The molecule has 0 radical (unpaired) electrons. The van der Waals surface area contributed by atoms with Crippen LogP contribution in [-0.2, 0) is 11.3 Å². The highest BCUT2D eigenvalue weighted by atomic mass is 127. The Balaban J connectivity index is 0.00000576. The molecule has 1 aromatic rings. The molecule has 9 heteroatoms. The number of ether oxygens (including phenoxy) is 2. The summed E-state index contributed by atoms with van der Waals surface area (Å²) in [4.78, 5) is 4.05. The van der Waals surface area contributed by atoms with Crippen molar-refractivity contribution in [3.8, 4) is 5.75 Å². The molecule has 0 saturated carbocycles. The largest absolute Gasteiger partial charge is 0.573 e. The Hall–Kier alpha value is -1.23. The number of para-hydroxylation sites is 1. The molecule has 2 N–H and O–H groups in total. The lowest BCUT2D eigenvalue weighted by Gasteiger charge is -2.15. The van der Waals surface area contributed by atoms with E-state index in [9.17, 15) is 13.2 Å². The molecule has 25 heavy (non-hydrogen) atoms. The maximum atomic E-state index is 12.4. The Morgan fingerprint density at radius 3 is 2.48 bits per heavy atom. The highest BCUT2D eigenvalue weighted by Crippen LogP contribution is 2.25. The molecule has 0 aliphatic rings. The molecule has 1 rings (SSSR count). The number of guanidine groups is 1. The fourth-order valence-corrected chi connectivity index (χ4v) is 2.03. The van der Waals surface area contributed by atoms with E-state index in [0.717, 1.165) is 32.4 Å². The Kier molecular flexibility index (Phi) is 12.4. The van der Waals surface area contributed by atoms with E-state index >= 15 is 0 Å². The number of halogens is 4. The average Bonchev–Trinajstić information content (AvgIpc) is 2.53. The zero-order chi connectivity index (χ0) is 17.8. The van der Waals surface area contributed by atoms with Gasteiger partial charge in [0.15, 0.2) is 5.96 Å². The van der Waals surface area contributed by atoms with E-state index in [2.05, 4.69) is 20.4 Å². The van der Waals surface area contributed by atoms with E-state index < -0.39 is 6.36 Å². The average molecular weight is 475 g/mol. The number of nitrogens with one attached hydrogen (secondary N) is 2. The minimum absolute atomic E-state index is 0. The number of methoxy groups -OCH3 is 1. The third-order valence-corrected chi connectivity index (χ3v) is 3.19. The van der Waals surface area contributed by atoms with Crippen LogP contribution in [0.2, 0.25) is 0 Å². The van der Waals surface area contributed by atoms with Crippen LogP contribution in [0.4, 0.5) is 13.2 Å². The second kappa shape index (κ2) is 13.0. The molecule has 0 aliphatic heterocycles. The predicted octanol–water partition coefficient (Wildman–Crippen LogP) is 3.68. The van der Waals surface area contributed by atoms with Gasteiger partial charge in [-0.25, -0.2) is 0 Å². The van der Waals surface area contributed by atoms with Crippen LogP contribution < -0.4 is 15.4 Å². The molecule has 5 nitrogen and oxygen atoms in total. The summed E-state index contributed by atoms with van der Waals surface area (Å²) in [6.07, 6.45) is -1.73. The number of benzene rings is 1. The monoisotopic (exact) mass is 475 g/mol. The van der Waals surface area contributed by atoms with E-state index in [1.165, 1.54) is 12.1 Å². The van der Waals surface area contributed by atoms with Gasteiger partial charge in [-0.2, -0.15) is 0 Å². The first-order valence-corrected chi connectivity index (χ1v) is 7.73. The number of unbranched alkanes of at least 4 members (excludes halogenated alkanes) is 2. The summed E-state index contributed by atoms with van der Waals surface area (Å²) < 4.78 is 46.2. The van der Waals surface area contributed by atoms with Gasteiger partial charge in [0, 0.05) is 39.4 Å². The van der Waals surface area contributed by atoms with Crippen molar-refractivity contribution in [1.82, 2.24) is 10.6 Å². The summed E-state index contributed by atoms with van der Waals surface area (Å²) in [5, 5.41) is 6.10. The first kappa shape index (κ1) is 23.8. The molecule has 0 spiro atoms. The number of rotatable bonds is 9. The predicted molar refractivity (Wildman–Crippen MR) is 102 cm³/mol. The van der Waals surface area contributed by atoms with Crippen LogP contribution in [0.1, 0.15) is 24.8 Å². The molecular formula is C16H25F3IN3O2. The lowest BCUT2D eigenvalue weighted by molar-refractivity contribution is -0.274. The topological polar surface area (TPSA) is 54.9 Å². The molecule has 144 valence electrons. The van der Waals surface area contributed by atoms with Crippen molar-refractivity contribution < 1.29 is 22.6 Å². The van der Waals surface area contributed by atoms with Crippen molar-refractivity contribution >= 4 is 29.9 Å². The summed E-state index contributed by atoms with van der Waals surface area (Å²) in [5.74, 6) is 0.316. The SMILES string of the molecule is CN=C(NCCCCCOC)NCc1ccccc1OC(F)(F)F.I. The van der Waals surface area contributed by atoms with Gasteiger partial charge in [0.2, 0.25) is 0 Å². The third-order valence-electron chi connectivity index (χ3n) is 3.19. The van der Waals surface area contributed by atoms with Gasteiger partial charge < -0.3 is 20.1 Å². The highest BCUT2D eigenvalue weighted by Gasteiger charge is 2.31. The van der Waals surface area contributed by atoms with Crippen LogP contribution in [0.3, 0.4) is 0 Å². The van der Waals surface area contributed by atoms with Crippen molar-refractivity contribution in [3.05, 3.63) is 29.8 Å². The lowest BCUT2D eigenvalue weighted by Crippen LogP contribution is -2.37. The van der Waals surface area contributed by atoms with Gasteiger partial charge in [-0.1, -0.05) is 18.2 Å². The van der Waals surface area contributed by atoms with Crippen molar-refractivity contribution in [2.45, 2.75) is 32.2 Å². The number of aliphatic imine (C=N–C) groups is 1. The molecule has 0 aromatic heterocycles. The Morgan fingerprint density at radius 1 is 1.12 bits per heavy atom.